The third-order valence-electron chi connectivity index (χ3n) is 2.53. The van der Waals surface area contributed by atoms with E-state index < -0.39 is 0 Å². The molecule has 5 heteroatoms. The predicted molar refractivity (Wildman–Crippen MR) is 65.3 cm³/mol. The molecule has 88 valence electrons. The van der Waals surface area contributed by atoms with Crippen LogP contribution in [-0.4, -0.2) is 12.2 Å². The smallest absolute Gasteiger partial charge is 0.274 e. The number of aryl methyl sites for hydroxylation is 1. The Morgan fingerprint density at radius 2 is 1.88 bits per heavy atom. The summed E-state index contributed by atoms with van der Waals surface area (Å²) in [6, 6.07) is 9.77. The van der Waals surface area contributed by atoms with Gasteiger partial charge in [-0.3, -0.25) is 0 Å². The summed E-state index contributed by atoms with van der Waals surface area (Å²) in [5.74, 6) is 0.449. The Balaban J connectivity index is 2.14. The second-order valence-electron chi connectivity index (χ2n) is 3.75. The minimum Gasteiger partial charge on any atom is -0.334 e. The molecule has 2 rings (SSSR count). The van der Waals surface area contributed by atoms with Crippen molar-refractivity contribution in [1.82, 2.24) is 5.16 Å². The van der Waals surface area contributed by atoms with Gasteiger partial charge in [0, 0.05) is 12.6 Å². The van der Waals surface area contributed by atoms with E-state index in [9.17, 15) is 0 Å². The lowest BCUT2D eigenvalue weighted by atomic mass is 10.3. The van der Waals surface area contributed by atoms with Gasteiger partial charge in [0.25, 0.3) is 5.88 Å². The highest BCUT2D eigenvalue weighted by molar-refractivity contribution is 5.44. The monoisotopic (exact) mass is 230 g/mol. The Morgan fingerprint density at radius 1 is 1.18 bits per heavy atom. The lowest BCUT2D eigenvalue weighted by Gasteiger charge is -2.09. The van der Waals surface area contributed by atoms with E-state index >= 15 is 0 Å². The maximum atomic E-state index is 5.04. The van der Waals surface area contributed by atoms with Gasteiger partial charge in [-0.15, -0.1) is 0 Å². The first-order valence-corrected chi connectivity index (χ1v) is 5.32. The minimum absolute atomic E-state index is 0.449. The highest BCUT2D eigenvalue weighted by Crippen LogP contribution is 2.22. The fourth-order valence-electron chi connectivity index (χ4n) is 1.30. The predicted octanol–water partition coefficient (Wildman–Crippen LogP) is 3.43. The fourth-order valence-corrected chi connectivity index (χ4v) is 1.30. The van der Waals surface area contributed by atoms with Crippen LogP contribution < -0.4 is 5.01 Å². The number of hydrogen-bond donors (Lipinski definition) is 0. The normalized spacial score (nSPS) is 11.0. The number of nitrogens with zero attached hydrogens (tertiary/aromatic N) is 4. The first-order chi connectivity index (χ1) is 8.18. The molecule has 1 aromatic heterocycles. The van der Waals surface area contributed by atoms with E-state index in [-0.39, 0.29) is 0 Å². The molecule has 0 aliphatic carbocycles. The first-order valence-electron chi connectivity index (χ1n) is 5.32. The van der Waals surface area contributed by atoms with E-state index in [1.54, 1.807) is 5.01 Å². The van der Waals surface area contributed by atoms with Crippen molar-refractivity contribution in [2.45, 2.75) is 13.8 Å². The summed E-state index contributed by atoms with van der Waals surface area (Å²) in [5, 5.41) is 13.6. The lowest BCUT2D eigenvalue weighted by Crippen LogP contribution is -2.06. The Hall–Kier alpha value is -2.17. The van der Waals surface area contributed by atoms with Gasteiger partial charge >= 0.3 is 0 Å². The Labute approximate surface area is 99.7 Å². The van der Waals surface area contributed by atoms with Crippen LogP contribution in [0, 0.1) is 13.8 Å². The molecule has 0 atom stereocenters. The Bertz CT molecular complexity index is 519. The molecule has 0 spiro atoms. The maximum absolute atomic E-state index is 5.04. The number of benzene rings is 1. The standard InChI is InChI=1S/C12H14N4O/c1-9-10(2)14-17-12(9)13-15-16(3)11-7-5-4-6-8-11/h4-8H,1-3H3/b15-13+. The van der Waals surface area contributed by atoms with Crippen LogP contribution in [-0.2, 0) is 0 Å². The Morgan fingerprint density at radius 3 is 2.47 bits per heavy atom. The minimum atomic E-state index is 0.449. The number of hydrogen-bond acceptors (Lipinski definition) is 4. The molecule has 2 aromatic rings. The topological polar surface area (TPSA) is 54.0 Å². The quantitative estimate of drug-likeness (QED) is 0.599. The fraction of sp³-hybridized carbons (Fsp3) is 0.250. The van der Waals surface area contributed by atoms with Gasteiger partial charge in [0.2, 0.25) is 0 Å². The molecule has 0 saturated carbocycles. The second-order valence-corrected chi connectivity index (χ2v) is 3.75. The van der Waals surface area contributed by atoms with Crippen molar-refractivity contribution < 1.29 is 4.52 Å². The Kier molecular flexibility index (Phi) is 3.18. The van der Waals surface area contributed by atoms with Gasteiger partial charge in [-0.05, 0) is 26.0 Å². The largest absolute Gasteiger partial charge is 0.334 e. The van der Waals surface area contributed by atoms with Crippen molar-refractivity contribution in [1.29, 1.82) is 0 Å². The van der Waals surface area contributed by atoms with E-state index in [1.807, 2.05) is 51.2 Å². The van der Waals surface area contributed by atoms with Crippen molar-refractivity contribution in [3.63, 3.8) is 0 Å². The summed E-state index contributed by atoms with van der Waals surface area (Å²) in [7, 11) is 1.83. The zero-order valence-electron chi connectivity index (χ0n) is 10.1. The third kappa shape index (κ3) is 2.50. The average Bonchev–Trinajstić information content (AvgIpc) is 2.68. The van der Waals surface area contributed by atoms with Gasteiger partial charge in [0.1, 0.15) is 0 Å². The summed E-state index contributed by atoms with van der Waals surface area (Å²) >= 11 is 0. The van der Waals surface area contributed by atoms with Crippen molar-refractivity contribution >= 4 is 11.6 Å². The number of aromatic nitrogens is 1. The van der Waals surface area contributed by atoms with Gasteiger partial charge in [0.05, 0.1) is 11.4 Å². The van der Waals surface area contributed by atoms with Crippen LogP contribution in [0.4, 0.5) is 11.6 Å². The molecule has 0 radical (unpaired) electrons. The average molecular weight is 230 g/mol. The van der Waals surface area contributed by atoms with Gasteiger partial charge in [-0.1, -0.05) is 33.7 Å². The highest BCUT2D eigenvalue weighted by Gasteiger charge is 2.07. The third-order valence-corrected chi connectivity index (χ3v) is 2.53. The van der Waals surface area contributed by atoms with Crippen LogP contribution in [0.5, 0.6) is 0 Å². The maximum Gasteiger partial charge on any atom is 0.274 e. The summed E-state index contributed by atoms with van der Waals surface area (Å²) in [4.78, 5) is 0. The molecular weight excluding hydrogens is 216 g/mol. The van der Waals surface area contributed by atoms with Crippen LogP contribution in [0.2, 0.25) is 0 Å². The van der Waals surface area contributed by atoms with Crippen molar-refractivity contribution in [2.24, 2.45) is 10.3 Å². The van der Waals surface area contributed by atoms with Crippen molar-refractivity contribution in [2.75, 3.05) is 12.1 Å². The molecule has 0 aliphatic heterocycles. The molecule has 0 bridgehead atoms. The van der Waals surface area contributed by atoms with E-state index in [2.05, 4.69) is 15.5 Å². The molecular formula is C12H14N4O. The molecule has 1 heterocycles. The zero-order valence-corrected chi connectivity index (χ0v) is 10.1. The lowest BCUT2D eigenvalue weighted by molar-refractivity contribution is 0.421. The summed E-state index contributed by atoms with van der Waals surface area (Å²) in [5.41, 5.74) is 2.71. The second kappa shape index (κ2) is 4.78. The van der Waals surface area contributed by atoms with Crippen LogP contribution in [0.3, 0.4) is 0 Å². The van der Waals surface area contributed by atoms with Crippen LogP contribution in [0.15, 0.2) is 45.2 Å². The molecule has 0 N–H and O–H groups in total. The molecule has 5 nitrogen and oxygen atoms in total. The van der Waals surface area contributed by atoms with Crippen LogP contribution in [0.1, 0.15) is 11.3 Å². The SMILES string of the molecule is Cc1noc(/N=N/N(C)c2ccccc2)c1C. The molecule has 1 aromatic carbocycles. The van der Waals surface area contributed by atoms with E-state index in [4.69, 9.17) is 4.52 Å². The summed E-state index contributed by atoms with van der Waals surface area (Å²) in [6.07, 6.45) is 0. The van der Waals surface area contributed by atoms with Gasteiger partial charge in [-0.25, -0.2) is 5.01 Å². The molecule has 0 fully saturated rings. The van der Waals surface area contributed by atoms with E-state index in [0.717, 1.165) is 16.9 Å². The molecule has 0 saturated heterocycles. The van der Waals surface area contributed by atoms with Crippen molar-refractivity contribution in [3.05, 3.63) is 41.6 Å². The van der Waals surface area contributed by atoms with Gasteiger partial charge in [0.15, 0.2) is 0 Å². The van der Waals surface area contributed by atoms with Gasteiger partial charge in [-0.2, -0.15) is 0 Å². The number of para-hydroxylation sites is 1. The number of anilines is 1. The molecule has 0 unspecified atom stereocenters. The van der Waals surface area contributed by atoms with E-state index in [1.165, 1.54) is 0 Å². The van der Waals surface area contributed by atoms with Crippen molar-refractivity contribution in [3.8, 4) is 0 Å². The summed E-state index contributed by atoms with van der Waals surface area (Å²) in [6.45, 7) is 3.78. The van der Waals surface area contributed by atoms with E-state index in [0.29, 0.717) is 5.88 Å². The highest BCUT2D eigenvalue weighted by atomic mass is 16.5. The summed E-state index contributed by atoms with van der Waals surface area (Å²) < 4.78 is 5.04. The van der Waals surface area contributed by atoms with Crippen LogP contribution in [0.25, 0.3) is 0 Å². The first kappa shape index (κ1) is 11.3. The number of rotatable bonds is 3. The molecule has 17 heavy (non-hydrogen) atoms. The molecule has 0 aliphatic rings. The zero-order chi connectivity index (χ0) is 12.3. The van der Waals surface area contributed by atoms with Gasteiger partial charge < -0.3 is 4.52 Å². The molecule has 0 amide bonds. The van der Waals surface area contributed by atoms with Crippen LogP contribution >= 0.6 is 0 Å².